The zero-order valence-electron chi connectivity index (χ0n) is 19.5. The first-order valence-corrected chi connectivity index (χ1v) is 11.6. The number of fused-ring (bicyclic) bond motifs is 1. The fraction of sp³-hybridized carbons (Fsp3) is 0.286. The van der Waals surface area contributed by atoms with E-state index in [4.69, 9.17) is 9.47 Å². The molecule has 2 aromatic carbocycles. The van der Waals surface area contributed by atoms with Crippen LogP contribution in [0.1, 0.15) is 57.9 Å². The van der Waals surface area contributed by atoms with Gasteiger partial charge in [0.2, 0.25) is 5.78 Å². The highest BCUT2D eigenvalue weighted by Gasteiger charge is 2.35. The van der Waals surface area contributed by atoms with Gasteiger partial charge in [-0.2, -0.15) is 0 Å². The van der Waals surface area contributed by atoms with Crippen molar-refractivity contribution in [2.45, 2.75) is 38.8 Å². The second kappa shape index (κ2) is 9.31. The topological polar surface area (TPSA) is 71.9 Å². The van der Waals surface area contributed by atoms with Crippen molar-refractivity contribution >= 4 is 11.9 Å². The van der Waals surface area contributed by atoms with Crippen LogP contribution in [-0.2, 0) is 6.54 Å². The average Bonchev–Trinajstić information content (AvgIpc) is 3.19. The number of ether oxygens (including phenoxy) is 2. The number of phenols is 1. The zero-order chi connectivity index (χ0) is 23.7. The van der Waals surface area contributed by atoms with E-state index < -0.39 is 0 Å². The highest BCUT2D eigenvalue weighted by atomic mass is 16.5. The molecule has 0 unspecified atom stereocenters. The Morgan fingerprint density at radius 2 is 2.09 bits per heavy atom. The van der Waals surface area contributed by atoms with E-state index in [-0.39, 0.29) is 23.3 Å². The molecule has 1 aromatic heterocycles. The second-order valence-electron chi connectivity index (χ2n) is 8.85. The highest BCUT2D eigenvalue weighted by Crippen LogP contribution is 2.44. The third kappa shape index (κ3) is 4.05. The fourth-order valence-electron chi connectivity index (χ4n) is 4.99. The van der Waals surface area contributed by atoms with Gasteiger partial charge in [0.15, 0.2) is 5.76 Å². The number of ketones is 1. The summed E-state index contributed by atoms with van der Waals surface area (Å²) in [5.74, 6) is 1.33. The van der Waals surface area contributed by atoms with Gasteiger partial charge in [-0.15, -0.1) is 0 Å². The predicted molar refractivity (Wildman–Crippen MR) is 130 cm³/mol. The largest absolute Gasteiger partial charge is 0.507 e. The molecule has 1 fully saturated rings. The standard InChI is InChI=1S/C28H28N2O4/c1-18-14-23(31)21(17-30-13-6-5-10-22(30)20-9-7-12-29-16-20)28-26(18)27(32)25(34-28)15-19-8-3-4-11-24(19)33-2/h3-4,7-9,11-12,14-16,22,31H,5-6,10,13,17H2,1-2H3/b25-15-/t22-/m0/s1. The van der Waals surface area contributed by atoms with Crippen molar-refractivity contribution in [3.05, 3.63) is 88.4 Å². The number of likely N-dealkylation sites (tertiary alicyclic amines) is 1. The molecular weight excluding hydrogens is 428 g/mol. The number of carbonyl (C=O) groups is 1. The summed E-state index contributed by atoms with van der Waals surface area (Å²) in [7, 11) is 1.60. The number of rotatable bonds is 5. The molecule has 174 valence electrons. The van der Waals surface area contributed by atoms with Crippen molar-refractivity contribution in [3.63, 3.8) is 0 Å². The molecule has 2 aliphatic heterocycles. The number of para-hydroxylation sites is 1. The van der Waals surface area contributed by atoms with Crippen molar-refractivity contribution in [2.75, 3.05) is 13.7 Å². The number of carbonyl (C=O) groups excluding carboxylic acids is 1. The average molecular weight is 457 g/mol. The number of methoxy groups -OCH3 is 1. The molecule has 1 atom stereocenters. The van der Waals surface area contributed by atoms with Gasteiger partial charge in [-0.3, -0.25) is 14.7 Å². The lowest BCUT2D eigenvalue weighted by Crippen LogP contribution is -2.33. The van der Waals surface area contributed by atoms with Crippen LogP contribution in [0.2, 0.25) is 0 Å². The lowest BCUT2D eigenvalue weighted by molar-refractivity contribution is 0.101. The van der Waals surface area contributed by atoms with Gasteiger partial charge in [0, 0.05) is 30.5 Å². The number of benzene rings is 2. The quantitative estimate of drug-likeness (QED) is 0.515. The number of allylic oxidation sites excluding steroid dienone is 1. The maximum Gasteiger partial charge on any atom is 0.232 e. The van der Waals surface area contributed by atoms with E-state index in [0.717, 1.165) is 31.4 Å². The first-order valence-electron chi connectivity index (χ1n) is 11.6. The Morgan fingerprint density at radius 3 is 2.88 bits per heavy atom. The molecule has 3 aromatic rings. The van der Waals surface area contributed by atoms with E-state index in [1.165, 1.54) is 5.56 Å². The molecule has 0 radical (unpaired) electrons. The third-order valence-electron chi connectivity index (χ3n) is 6.69. The van der Waals surface area contributed by atoms with E-state index in [0.29, 0.717) is 34.7 Å². The summed E-state index contributed by atoms with van der Waals surface area (Å²) >= 11 is 0. The summed E-state index contributed by atoms with van der Waals surface area (Å²) < 4.78 is 11.6. The molecule has 0 amide bonds. The van der Waals surface area contributed by atoms with E-state index in [2.05, 4.69) is 16.0 Å². The lowest BCUT2D eigenvalue weighted by Gasteiger charge is -2.36. The van der Waals surface area contributed by atoms with Crippen molar-refractivity contribution in [2.24, 2.45) is 0 Å². The van der Waals surface area contributed by atoms with Crippen molar-refractivity contribution in [1.82, 2.24) is 9.88 Å². The van der Waals surface area contributed by atoms with Gasteiger partial charge in [0.05, 0.1) is 18.2 Å². The van der Waals surface area contributed by atoms with E-state index in [1.807, 2.05) is 43.5 Å². The first-order chi connectivity index (χ1) is 16.6. The molecule has 5 rings (SSSR count). The van der Waals surface area contributed by atoms with Crippen LogP contribution in [0.5, 0.6) is 17.2 Å². The molecule has 3 heterocycles. The Kier molecular flexibility index (Phi) is 6.07. The Labute approximate surface area is 199 Å². The molecule has 2 aliphatic rings. The number of pyridine rings is 1. The molecule has 1 N–H and O–H groups in total. The summed E-state index contributed by atoms with van der Waals surface area (Å²) in [5.41, 5.74) is 3.79. The number of aromatic hydroxyl groups is 1. The number of aryl methyl sites for hydroxylation is 1. The zero-order valence-corrected chi connectivity index (χ0v) is 19.5. The number of hydrogen-bond donors (Lipinski definition) is 1. The van der Waals surface area contributed by atoms with Crippen molar-refractivity contribution in [1.29, 1.82) is 0 Å². The van der Waals surface area contributed by atoms with Crippen molar-refractivity contribution < 1.29 is 19.4 Å². The van der Waals surface area contributed by atoms with Gasteiger partial charge < -0.3 is 14.6 Å². The lowest BCUT2D eigenvalue weighted by atomic mass is 9.94. The van der Waals surface area contributed by atoms with Crippen LogP contribution >= 0.6 is 0 Å². The van der Waals surface area contributed by atoms with Gasteiger partial charge in [-0.05, 0) is 61.7 Å². The van der Waals surface area contributed by atoms with Crippen LogP contribution < -0.4 is 9.47 Å². The number of phenolic OH excluding ortho intramolecular Hbond substituents is 1. The maximum atomic E-state index is 13.3. The molecular formula is C28H28N2O4. The minimum Gasteiger partial charge on any atom is -0.507 e. The Balaban J connectivity index is 1.51. The van der Waals surface area contributed by atoms with Crippen LogP contribution in [-0.4, -0.2) is 34.4 Å². The summed E-state index contributed by atoms with van der Waals surface area (Å²) in [5, 5.41) is 10.9. The molecule has 6 nitrogen and oxygen atoms in total. The molecule has 1 saturated heterocycles. The van der Waals surface area contributed by atoms with Crippen LogP contribution in [0, 0.1) is 6.92 Å². The SMILES string of the molecule is COc1ccccc1/C=C1\Oc2c(CN3CCCC[C@H]3c3cccnc3)c(O)cc(C)c2C1=O. The Morgan fingerprint density at radius 1 is 1.24 bits per heavy atom. The summed E-state index contributed by atoms with van der Waals surface area (Å²) in [6, 6.07) is 13.4. The van der Waals surface area contributed by atoms with Gasteiger partial charge in [0.25, 0.3) is 0 Å². The summed E-state index contributed by atoms with van der Waals surface area (Å²) in [6.45, 7) is 3.22. The van der Waals surface area contributed by atoms with E-state index >= 15 is 0 Å². The molecule has 34 heavy (non-hydrogen) atoms. The Hall–Kier alpha value is -3.64. The first kappa shape index (κ1) is 22.2. The third-order valence-corrected chi connectivity index (χ3v) is 6.69. The number of hydrogen-bond acceptors (Lipinski definition) is 6. The molecule has 0 spiro atoms. The number of nitrogens with zero attached hydrogens (tertiary/aromatic N) is 2. The van der Waals surface area contributed by atoms with Gasteiger partial charge in [-0.25, -0.2) is 0 Å². The predicted octanol–water partition coefficient (Wildman–Crippen LogP) is 5.45. The Bertz CT molecular complexity index is 1250. The monoisotopic (exact) mass is 456 g/mol. The van der Waals surface area contributed by atoms with Crippen LogP contribution in [0.3, 0.4) is 0 Å². The van der Waals surface area contributed by atoms with E-state index in [1.54, 1.807) is 25.4 Å². The van der Waals surface area contributed by atoms with Gasteiger partial charge >= 0.3 is 0 Å². The van der Waals surface area contributed by atoms with E-state index in [9.17, 15) is 9.90 Å². The summed E-state index contributed by atoms with van der Waals surface area (Å²) in [6.07, 6.45) is 8.67. The fourth-order valence-corrected chi connectivity index (χ4v) is 4.99. The molecule has 0 bridgehead atoms. The molecule has 6 heteroatoms. The number of Topliss-reactive ketones (excluding diaryl/α,β-unsaturated/α-hetero) is 1. The smallest absolute Gasteiger partial charge is 0.232 e. The number of piperidine rings is 1. The minimum absolute atomic E-state index is 0.151. The van der Waals surface area contributed by atoms with Gasteiger partial charge in [-0.1, -0.05) is 30.7 Å². The van der Waals surface area contributed by atoms with Crippen LogP contribution in [0.4, 0.5) is 0 Å². The normalized spacial score (nSPS) is 19.2. The minimum atomic E-state index is -0.179. The molecule has 0 aliphatic carbocycles. The van der Waals surface area contributed by atoms with Crippen LogP contribution in [0.15, 0.2) is 60.6 Å². The maximum absolute atomic E-state index is 13.3. The molecule has 0 saturated carbocycles. The second-order valence-corrected chi connectivity index (χ2v) is 8.85. The van der Waals surface area contributed by atoms with Crippen LogP contribution in [0.25, 0.3) is 6.08 Å². The van der Waals surface area contributed by atoms with Crippen molar-refractivity contribution in [3.8, 4) is 17.2 Å². The highest BCUT2D eigenvalue weighted by molar-refractivity contribution is 6.16. The summed E-state index contributed by atoms with van der Waals surface area (Å²) in [4.78, 5) is 20.0. The van der Waals surface area contributed by atoms with Gasteiger partial charge in [0.1, 0.15) is 17.2 Å². The number of aromatic nitrogens is 1.